The molecule has 0 saturated heterocycles. The van der Waals surface area contributed by atoms with E-state index in [1.807, 2.05) is 19.9 Å². The number of fused-ring (bicyclic) bond motifs is 1. The Hall–Kier alpha value is -2.24. The van der Waals surface area contributed by atoms with E-state index in [0.29, 0.717) is 33.5 Å². The minimum Gasteiger partial charge on any atom is -0.451 e. The Morgan fingerprint density at radius 1 is 1.11 bits per heavy atom. The molecule has 2 aromatic heterocycles. The summed E-state index contributed by atoms with van der Waals surface area (Å²) in [4.78, 5) is 16.9. The van der Waals surface area contributed by atoms with Gasteiger partial charge in [0, 0.05) is 23.1 Å². The first kappa shape index (κ1) is 30.0. The molecule has 198 valence electrons. The van der Waals surface area contributed by atoms with Crippen molar-refractivity contribution >= 4 is 28.5 Å². The van der Waals surface area contributed by atoms with Gasteiger partial charge in [0.2, 0.25) is 5.78 Å². The molecule has 1 aromatic carbocycles. The molecular weight excluding hydrogens is 475 g/mol. The normalized spacial score (nSPS) is 12.1. The summed E-state index contributed by atoms with van der Waals surface area (Å²) < 4.78 is 19.8. The van der Waals surface area contributed by atoms with Crippen LogP contribution in [0, 0.1) is 17.2 Å². The lowest BCUT2D eigenvalue weighted by Crippen LogP contribution is -2.27. The smallest absolute Gasteiger partial charge is 0.200 e. The standard InChI is InChI=1S/C21H21ClFNO2.C9H21N/c1-11(2)19(25)18-10-17-20(26-18)13(21(3,4)5)9-16(24-17)12-6-7-14(22)15(23)8-12;1-5-6-7-10-8-9(2,3)4/h6-11H,1-5H3;10H,5-8H2,1-4H3. The number of furan rings is 1. The Balaban J connectivity index is 0.000000388. The highest BCUT2D eigenvalue weighted by Gasteiger charge is 2.25. The number of ketones is 1. The molecule has 36 heavy (non-hydrogen) atoms. The van der Waals surface area contributed by atoms with E-state index in [1.165, 1.54) is 31.5 Å². The van der Waals surface area contributed by atoms with Crippen LogP contribution < -0.4 is 5.32 Å². The Labute approximate surface area is 221 Å². The number of hydrogen-bond donors (Lipinski definition) is 1. The fraction of sp³-hybridized carbons (Fsp3) is 0.533. The van der Waals surface area contributed by atoms with Crippen LogP contribution in [-0.4, -0.2) is 23.9 Å². The highest BCUT2D eigenvalue weighted by atomic mass is 35.5. The molecule has 0 aliphatic rings. The van der Waals surface area contributed by atoms with Crippen LogP contribution in [0.1, 0.15) is 91.3 Å². The number of benzene rings is 1. The molecule has 0 aliphatic carbocycles. The summed E-state index contributed by atoms with van der Waals surface area (Å²) in [6, 6.07) is 8.16. The van der Waals surface area contributed by atoms with Crippen LogP contribution in [0.2, 0.25) is 5.02 Å². The van der Waals surface area contributed by atoms with Gasteiger partial charge in [-0.3, -0.25) is 4.79 Å². The first-order valence-electron chi connectivity index (χ1n) is 12.8. The van der Waals surface area contributed by atoms with Crippen LogP contribution >= 0.6 is 11.6 Å². The third kappa shape index (κ3) is 8.41. The molecule has 0 fully saturated rings. The summed E-state index contributed by atoms with van der Waals surface area (Å²) >= 11 is 5.79. The zero-order chi connectivity index (χ0) is 27.3. The molecule has 2 heterocycles. The van der Waals surface area contributed by atoms with E-state index < -0.39 is 5.82 Å². The minimum atomic E-state index is -0.494. The maximum absolute atomic E-state index is 13.9. The average Bonchev–Trinajstić information content (AvgIpc) is 3.20. The molecule has 0 spiro atoms. The van der Waals surface area contributed by atoms with Crippen molar-refractivity contribution in [3.8, 4) is 11.3 Å². The topological polar surface area (TPSA) is 55.1 Å². The van der Waals surface area contributed by atoms with Gasteiger partial charge in [0.1, 0.15) is 11.3 Å². The van der Waals surface area contributed by atoms with Crippen LogP contribution in [-0.2, 0) is 5.41 Å². The van der Waals surface area contributed by atoms with Crippen molar-refractivity contribution in [1.29, 1.82) is 0 Å². The number of rotatable bonds is 7. The number of nitrogens with zero attached hydrogens (tertiary/aromatic N) is 1. The van der Waals surface area contributed by atoms with Gasteiger partial charge in [0.05, 0.1) is 10.7 Å². The summed E-state index contributed by atoms with van der Waals surface area (Å²) in [6.45, 7) is 21.1. The number of carbonyl (C=O) groups excluding carboxylic acids is 1. The number of pyridine rings is 1. The van der Waals surface area contributed by atoms with Crippen LogP contribution in [0.5, 0.6) is 0 Å². The second-order valence-electron chi connectivity index (χ2n) is 11.9. The second kappa shape index (κ2) is 12.3. The number of carbonyl (C=O) groups is 1. The Kier molecular flexibility index (Phi) is 10.3. The molecule has 0 aliphatic heterocycles. The zero-order valence-corrected chi connectivity index (χ0v) is 24.1. The van der Waals surface area contributed by atoms with E-state index in [1.54, 1.807) is 12.1 Å². The molecule has 0 radical (unpaired) electrons. The summed E-state index contributed by atoms with van der Waals surface area (Å²) in [7, 11) is 0. The average molecular weight is 517 g/mol. The van der Waals surface area contributed by atoms with Crippen LogP contribution in [0.3, 0.4) is 0 Å². The number of aromatic nitrogens is 1. The van der Waals surface area contributed by atoms with Crippen LogP contribution in [0.15, 0.2) is 34.7 Å². The number of hydrogen-bond acceptors (Lipinski definition) is 4. The lowest BCUT2D eigenvalue weighted by atomic mass is 9.86. The van der Waals surface area contributed by atoms with E-state index in [2.05, 4.69) is 58.8 Å². The zero-order valence-electron chi connectivity index (χ0n) is 23.3. The van der Waals surface area contributed by atoms with E-state index in [9.17, 15) is 9.18 Å². The summed E-state index contributed by atoms with van der Waals surface area (Å²) in [5.74, 6) is -0.431. The van der Waals surface area contributed by atoms with E-state index in [-0.39, 0.29) is 22.1 Å². The first-order chi connectivity index (χ1) is 16.6. The monoisotopic (exact) mass is 516 g/mol. The molecule has 0 unspecified atom stereocenters. The van der Waals surface area contributed by atoms with Crippen molar-refractivity contribution in [1.82, 2.24) is 10.3 Å². The molecule has 0 amide bonds. The van der Waals surface area contributed by atoms with Gasteiger partial charge in [-0.15, -0.1) is 0 Å². The Morgan fingerprint density at radius 3 is 2.31 bits per heavy atom. The van der Waals surface area contributed by atoms with Crippen LogP contribution in [0.4, 0.5) is 4.39 Å². The third-order valence-corrected chi connectivity index (χ3v) is 5.94. The summed E-state index contributed by atoms with van der Waals surface area (Å²) in [6.07, 6.45) is 2.59. The van der Waals surface area contributed by atoms with Gasteiger partial charge >= 0.3 is 0 Å². The maximum Gasteiger partial charge on any atom is 0.200 e. The van der Waals surface area contributed by atoms with Crippen molar-refractivity contribution < 1.29 is 13.6 Å². The predicted octanol–water partition coefficient (Wildman–Crippen LogP) is 8.85. The minimum absolute atomic E-state index is 0.0676. The summed E-state index contributed by atoms with van der Waals surface area (Å²) in [5.41, 5.74) is 3.53. The predicted molar refractivity (Wildman–Crippen MR) is 150 cm³/mol. The Bertz CT molecular complexity index is 1170. The van der Waals surface area contributed by atoms with Gasteiger partial charge in [0.15, 0.2) is 11.3 Å². The molecule has 3 rings (SSSR count). The van der Waals surface area contributed by atoms with Crippen molar-refractivity contribution in [3.05, 3.63) is 52.5 Å². The molecule has 3 aromatic rings. The fourth-order valence-electron chi connectivity index (χ4n) is 3.55. The van der Waals surface area contributed by atoms with Gasteiger partial charge in [-0.2, -0.15) is 0 Å². The lowest BCUT2D eigenvalue weighted by Gasteiger charge is -2.20. The molecule has 0 saturated carbocycles. The molecular formula is C30H42ClFN2O2. The van der Waals surface area contributed by atoms with Crippen molar-refractivity contribution in [3.63, 3.8) is 0 Å². The van der Waals surface area contributed by atoms with Gasteiger partial charge in [-0.05, 0) is 48.5 Å². The molecule has 1 N–H and O–H groups in total. The van der Waals surface area contributed by atoms with E-state index in [4.69, 9.17) is 16.0 Å². The SMILES string of the molecule is CC(C)C(=O)c1cc2nc(-c3ccc(Cl)c(F)c3)cc(C(C)(C)C)c2o1.CCCCNCC(C)(C)C. The highest BCUT2D eigenvalue weighted by Crippen LogP contribution is 2.35. The number of unbranched alkanes of at least 4 members (excludes halogenated alkanes) is 1. The molecule has 4 nitrogen and oxygen atoms in total. The van der Waals surface area contributed by atoms with Crippen LogP contribution in [0.25, 0.3) is 22.4 Å². The van der Waals surface area contributed by atoms with Crippen molar-refractivity contribution in [2.45, 2.75) is 80.6 Å². The lowest BCUT2D eigenvalue weighted by molar-refractivity contribution is 0.0913. The molecule has 0 atom stereocenters. The fourth-order valence-corrected chi connectivity index (χ4v) is 3.67. The first-order valence-corrected chi connectivity index (χ1v) is 13.2. The quantitative estimate of drug-likeness (QED) is 0.251. The largest absolute Gasteiger partial charge is 0.451 e. The molecule has 6 heteroatoms. The second-order valence-corrected chi connectivity index (χ2v) is 12.3. The van der Waals surface area contributed by atoms with Gasteiger partial charge in [0.25, 0.3) is 0 Å². The van der Waals surface area contributed by atoms with Gasteiger partial charge in [-0.25, -0.2) is 9.37 Å². The number of halogens is 2. The van der Waals surface area contributed by atoms with Gasteiger partial charge in [-0.1, -0.05) is 86.4 Å². The van der Waals surface area contributed by atoms with Gasteiger partial charge < -0.3 is 9.73 Å². The molecule has 0 bridgehead atoms. The van der Waals surface area contributed by atoms with E-state index in [0.717, 1.165) is 12.1 Å². The maximum atomic E-state index is 13.9. The number of Topliss-reactive ketones (excluding diaryl/α,β-unsaturated/α-hetero) is 1. The Morgan fingerprint density at radius 2 is 1.78 bits per heavy atom. The third-order valence-electron chi connectivity index (χ3n) is 5.63. The van der Waals surface area contributed by atoms with E-state index >= 15 is 0 Å². The number of nitrogens with one attached hydrogen (secondary N) is 1. The highest BCUT2D eigenvalue weighted by molar-refractivity contribution is 6.30. The van der Waals surface area contributed by atoms with Crippen molar-refractivity contribution in [2.75, 3.05) is 13.1 Å². The van der Waals surface area contributed by atoms with Crippen molar-refractivity contribution in [2.24, 2.45) is 11.3 Å². The summed E-state index contributed by atoms with van der Waals surface area (Å²) in [5, 5.41) is 3.49.